The summed E-state index contributed by atoms with van der Waals surface area (Å²) in [6.45, 7) is 8.55. The second-order valence-corrected chi connectivity index (χ2v) is 9.24. The first-order valence-electron chi connectivity index (χ1n) is 9.36. The fraction of sp³-hybridized carbons (Fsp3) is 0.381. The molecular formula is C21H24Cl2N2O5S. The molecule has 0 bridgehead atoms. The molecule has 1 aromatic carbocycles. The van der Waals surface area contributed by atoms with Gasteiger partial charge in [0.05, 0.1) is 15.7 Å². The third-order valence-corrected chi connectivity index (χ3v) is 5.38. The number of benzene rings is 1. The van der Waals surface area contributed by atoms with Crippen molar-refractivity contribution >= 4 is 46.6 Å². The summed E-state index contributed by atoms with van der Waals surface area (Å²) in [5.74, 6) is -0.701. The van der Waals surface area contributed by atoms with Gasteiger partial charge in [-0.2, -0.15) is 0 Å². The van der Waals surface area contributed by atoms with E-state index in [4.69, 9.17) is 32.7 Å². The van der Waals surface area contributed by atoms with Crippen LogP contribution in [0.25, 0.3) is 11.3 Å². The van der Waals surface area contributed by atoms with Gasteiger partial charge in [0.2, 0.25) is 0 Å². The van der Waals surface area contributed by atoms with E-state index in [1.54, 1.807) is 44.4 Å². The Morgan fingerprint density at radius 2 is 1.97 bits per heavy atom. The Bertz CT molecular complexity index is 922. The number of hydrogen-bond donors (Lipinski definition) is 2. The van der Waals surface area contributed by atoms with Crippen molar-refractivity contribution in [3.63, 3.8) is 0 Å². The van der Waals surface area contributed by atoms with Gasteiger partial charge in [-0.05, 0) is 32.9 Å². The number of aliphatic hydroxyl groups excluding tert-OH is 1. The van der Waals surface area contributed by atoms with E-state index in [0.29, 0.717) is 26.3 Å². The molecule has 1 amide bonds. The molecule has 31 heavy (non-hydrogen) atoms. The molecule has 2 rings (SSSR count). The van der Waals surface area contributed by atoms with E-state index in [2.05, 4.69) is 16.9 Å². The Labute approximate surface area is 195 Å². The molecule has 0 radical (unpaired) electrons. The first-order chi connectivity index (χ1) is 14.5. The number of ether oxygens (including phenoxy) is 2. The smallest absolute Gasteiger partial charge is 0.408 e. The lowest BCUT2D eigenvalue weighted by atomic mass is 10.1. The highest BCUT2D eigenvalue weighted by Gasteiger charge is 2.31. The molecule has 2 aromatic rings. The molecule has 0 saturated carbocycles. The van der Waals surface area contributed by atoms with Crippen molar-refractivity contribution in [3.05, 3.63) is 51.3 Å². The monoisotopic (exact) mass is 486 g/mol. The number of thiazole rings is 1. The molecule has 168 valence electrons. The lowest BCUT2D eigenvalue weighted by Gasteiger charge is -2.25. The van der Waals surface area contributed by atoms with E-state index in [1.807, 2.05) is 0 Å². The van der Waals surface area contributed by atoms with Gasteiger partial charge in [-0.25, -0.2) is 14.6 Å². The summed E-state index contributed by atoms with van der Waals surface area (Å²) in [4.78, 5) is 28.9. The molecule has 2 N–H and O–H groups in total. The van der Waals surface area contributed by atoms with Gasteiger partial charge in [0.25, 0.3) is 0 Å². The lowest BCUT2D eigenvalue weighted by molar-refractivity contribution is -0.158. The number of carbonyl (C=O) groups is 2. The summed E-state index contributed by atoms with van der Waals surface area (Å²) in [7, 11) is 0. The second-order valence-electron chi connectivity index (χ2n) is 7.54. The number of amides is 1. The van der Waals surface area contributed by atoms with Crippen LogP contribution in [0.4, 0.5) is 4.79 Å². The van der Waals surface area contributed by atoms with Crippen molar-refractivity contribution in [1.82, 2.24) is 10.3 Å². The van der Waals surface area contributed by atoms with Crippen LogP contribution in [-0.4, -0.2) is 40.4 Å². The average Bonchev–Trinajstić information content (AvgIpc) is 3.14. The molecule has 0 spiro atoms. The molecule has 0 aliphatic rings. The van der Waals surface area contributed by atoms with Crippen LogP contribution >= 0.6 is 34.5 Å². The predicted molar refractivity (Wildman–Crippen MR) is 121 cm³/mol. The van der Waals surface area contributed by atoms with Crippen molar-refractivity contribution in [2.75, 3.05) is 6.61 Å². The van der Waals surface area contributed by atoms with E-state index < -0.39 is 29.8 Å². The minimum absolute atomic E-state index is 0.0239. The van der Waals surface area contributed by atoms with Crippen LogP contribution in [0, 0.1) is 0 Å². The van der Waals surface area contributed by atoms with Crippen LogP contribution in [-0.2, 0) is 14.3 Å². The Kier molecular flexibility index (Phi) is 8.88. The van der Waals surface area contributed by atoms with E-state index in [0.717, 1.165) is 0 Å². The molecule has 2 atom stereocenters. The molecule has 0 aliphatic heterocycles. The standard InChI is InChI=1S/C21H24Cl2N2O5S/c1-5-9-29-20(28)25-14(19(27)30-21(2,3)4)10-16(26)18-24-15(11-31-18)17-12(22)7-6-8-13(17)23/h5-8,11,14,16,26H,1,9-10H2,2-4H3,(H,25,28). The van der Waals surface area contributed by atoms with E-state index in [-0.39, 0.29) is 13.0 Å². The van der Waals surface area contributed by atoms with Gasteiger partial charge >= 0.3 is 12.1 Å². The number of esters is 1. The molecule has 2 unspecified atom stereocenters. The number of rotatable bonds is 8. The SMILES string of the molecule is C=CCOC(=O)NC(CC(O)c1nc(-c2c(Cl)cccc2Cl)cs1)C(=O)OC(C)(C)C. The third-order valence-electron chi connectivity index (χ3n) is 3.80. The number of aliphatic hydroxyl groups is 1. The largest absolute Gasteiger partial charge is 0.458 e. The maximum Gasteiger partial charge on any atom is 0.408 e. The molecule has 0 aliphatic carbocycles. The quantitative estimate of drug-likeness (QED) is 0.394. The van der Waals surface area contributed by atoms with Crippen LogP contribution < -0.4 is 5.32 Å². The molecule has 10 heteroatoms. The van der Waals surface area contributed by atoms with Crippen LogP contribution in [0.5, 0.6) is 0 Å². The molecule has 1 heterocycles. The van der Waals surface area contributed by atoms with Crippen molar-refractivity contribution in [2.24, 2.45) is 0 Å². The molecule has 0 fully saturated rings. The maximum absolute atomic E-state index is 12.6. The first-order valence-corrected chi connectivity index (χ1v) is 11.0. The van der Waals surface area contributed by atoms with Crippen molar-refractivity contribution in [2.45, 2.75) is 44.9 Å². The van der Waals surface area contributed by atoms with Crippen LogP contribution in [0.15, 0.2) is 36.2 Å². The number of nitrogens with zero attached hydrogens (tertiary/aromatic N) is 1. The summed E-state index contributed by atoms with van der Waals surface area (Å²) >= 11 is 13.6. The van der Waals surface area contributed by atoms with Crippen LogP contribution in [0.2, 0.25) is 10.0 Å². The number of halogens is 2. The van der Waals surface area contributed by atoms with Crippen molar-refractivity contribution in [3.8, 4) is 11.3 Å². The van der Waals surface area contributed by atoms with Gasteiger partial charge < -0.3 is 19.9 Å². The zero-order valence-electron chi connectivity index (χ0n) is 17.4. The van der Waals surface area contributed by atoms with E-state index in [1.165, 1.54) is 17.4 Å². The highest BCUT2D eigenvalue weighted by Crippen LogP contribution is 2.36. The van der Waals surface area contributed by atoms with Crippen molar-refractivity contribution < 1.29 is 24.2 Å². The van der Waals surface area contributed by atoms with Gasteiger partial charge in [-0.1, -0.05) is 41.9 Å². The summed E-state index contributed by atoms with van der Waals surface area (Å²) in [5.41, 5.74) is 0.277. The third kappa shape index (κ3) is 7.50. The summed E-state index contributed by atoms with van der Waals surface area (Å²) in [6.07, 6.45) is -0.752. The molecule has 7 nitrogen and oxygen atoms in total. The number of hydrogen-bond acceptors (Lipinski definition) is 7. The summed E-state index contributed by atoms with van der Waals surface area (Å²) in [5, 5.41) is 16.0. The Morgan fingerprint density at radius 3 is 2.55 bits per heavy atom. The van der Waals surface area contributed by atoms with Gasteiger partial charge in [0, 0.05) is 17.4 Å². The van der Waals surface area contributed by atoms with Crippen LogP contribution in [0.1, 0.15) is 38.3 Å². The number of nitrogens with one attached hydrogen (secondary N) is 1. The molecule has 0 saturated heterocycles. The highest BCUT2D eigenvalue weighted by molar-refractivity contribution is 7.10. The minimum Gasteiger partial charge on any atom is -0.458 e. The Balaban J connectivity index is 2.19. The number of carbonyl (C=O) groups excluding carboxylic acids is 2. The first kappa shape index (κ1) is 25.1. The molecule has 1 aromatic heterocycles. The zero-order valence-corrected chi connectivity index (χ0v) is 19.7. The predicted octanol–water partition coefficient (Wildman–Crippen LogP) is 5.16. The van der Waals surface area contributed by atoms with Gasteiger partial charge in [-0.15, -0.1) is 11.3 Å². The molecular weight excluding hydrogens is 463 g/mol. The normalized spacial score (nSPS) is 13.2. The lowest BCUT2D eigenvalue weighted by Crippen LogP contribution is -2.45. The number of aromatic nitrogens is 1. The highest BCUT2D eigenvalue weighted by atomic mass is 35.5. The van der Waals surface area contributed by atoms with E-state index >= 15 is 0 Å². The Hall–Kier alpha value is -2.13. The van der Waals surface area contributed by atoms with Gasteiger partial charge in [0.1, 0.15) is 29.4 Å². The second kappa shape index (κ2) is 10.9. The Morgan fingerprint density at radius 1 is 1.32 bits per heavy atom. The van der Waals surface area contributed by atoms with Crippen LogP contribution in [0.3, 0.4) is 0 Å². The summed E-state index contributed by atoms with van der Waals surface area (Å²) < 4.78 is 10.2. The fourth-order valence-electron chi connectivity index (χ4n) is 2.53. The number of alkyl carbamates (subject to hydrolysis) is 1. The van der Waals surface area contributed by atoms with Crippen molar-refractivity contribution in [1.29, 1.82) is 0 Å². The van der Waals surface area contributed by atoms with Gasteiger partial charge in [0.15, 0.2) is 0 Å². The zero-order chi connectivity index (χ0) is 23.2. The topological polar surface area (TPSA) is 97.8 Å². The van der Waals surface area contributed by atoms with Gasteiger partial charge in [-0.3, -0.25) is 0 Å². The summed E-state index contributed by atoms with van der Waals surface area (Å²) in [6, 6.07) is 3.95. The average molecular weight is 487 g/mol. The van der Waals surface area contributed by atoms with E-state index in [9.17, 15) is 14.7 Å². The maximum atomic E-state index is 12.6. The minimum atomic E-state index is -1.16. The fourth-order valence-corrected chi connectivity index (χ4v) is 3.93.